The first-order valence-electron chi connectivity index (χ1n) is 3.68. The van der Waals surface area contributed by atoms with Crippen molar-refractivity contribution in [3.63, 3.8) is 0 Å². The summed E-state index contributed by atoms with van der Waals surface area (Å²) in [5.41, 5.74) is 5.14. The molecule has 0 heterocycles. The van der Waals surface area contributed by atoms with Crippen molar-refractivity contribution in [2.24, 2.45) is 5.73 Å². The van der Waals surface area contributed by atoms with Crippen LogP contribution in [0.3, 0.4) is 0 Å². The van der Waals surface area contributed by atoms with E-state index in [0.717, 1.165) is 6.42 Å². The summed E-state index contributed by atoms with van der Waals surface area (Å²) in [6, 6.07) is 0. The van der Waals surface area contributed by atoms with Gasteiger partial charge in [-0.3, -0.25) is 0 Å². The maximum absolute atomic E-state index is 11.2. The summed E-state index contributed by atoms with van der Waals surface area (Å²) in [4.78, 5) is 0. The molecule has 0 aliphatic heterocycles. The van der Waals surface area contributed by atoms with Crippen molar-refractivity contribution in [1.82, 2.24) is 4.31 Å². The maximum atomic E-state index is 11.2. The minimum Gasteiger partial charge on any atom is -0.329 e. The van der Waals surface area contributed by atoms with Crippen molar-refractivity contribution >= 4 is 10.0 Å². The van der Waals surface area contributed by atoms with E-state index >= 15 is 0 Å². The Morgan fingerprint density at radius 1 is 1.45 bits per heavy atom. The highest BCUT2D eigenvalue weighted by atomic mass is 32.2. The van der Waals surface area contributed by atoms with E-state index in [1.807, 2.05) is 6.92 Å². The maximum Gasteiger partial charge on any atom is 0.215 e. The number of rotatable bonds is 5. The summed E-state index contributed by atoms with van der Waals surface area (Å²) < 4.78 is 23.7. The Balaban J connectivity index is 4.07. The van der Waals surface area contributed by atoms with Crippen LogP contribution in [-0.4, -0.2) is 38.6 Å². The van der Waals surface area contributed by atoms with E-state index in [1.54, 1.807) is 7.05 Å². The topological polar surface area (TPSA) is 63.4 Å². The van der Waals surface area contributed by atoms with Gasteiger partial charge in [0.1, 0.15) is 0 Å². The zero-order chi connectivity index (χ0) is 8.91. The second-order valence-corrected chi connectivity index (χ2v) is 4.62. The van der Waals surface area contributed by atoms with Gasteiger partial charge in [0, 0.05) is 20.1 Å². The molecule has 68 valence electrons. The van der Waals surface area contributed by atoms with Crippen LogP contribution in [0.1, 0.15) is 13.3 Å². The van der Waals surface area contributed by atoms with Crippen LogP contribution >= 0.6 is 0 Å². The summed E-state index contributed by atoms with van der Waals surface area (Å²) in [5, 5.41) is 0. The SMILES string of the molecule is CCCN(C)S(=O)(=O)CCN. The predicted molar refractivity (Wildman–Crippen MR) is 45.8 cm³/mol. The molecule has 11 heavy (non-hydrogen) atoms. The van der Waals surface area contributed by atoms with Gasteiger partial charge in [0.05, 0.1) is 5.75 Å². The lowest BCUT2D eigenvalue weighted by Gasteiger charge is -2.14. The molecular weight excluding hydrogens is 164 g/mol. The molecule has 0 aliphatic carbocycles. The first-order valence-corrected chi connectivity index (χ1v) is 5.29. The molecule has 0 spiro atoms. The van der Waals surface area contributed by atoms with E-state index in [4.69, 9.17) is 5.73 Å². The lowest BCUT2D eigenvalue weighted by Crippen LogP contribution is -2.32. The van der Waals surface area contributed by atoms with Gasteiger partial charge in [-0.15, -0.1) is 0 Å². The van der Waals surface area contributed by atoms with Gasteiger partial charge in [-0.1, -0.05) is 6.92 Å². The molecule has 5 heteroatoms. The highest BCUT2D eigenvalue weighted by Crippen LogP contribution is 1.97. The standard InChI is InChI=1S/C6H16N2O2S/c1-3-5-8(2)11(9,10)6-4-7/h3-7H2,1-2H3. The largest absolute Gasteiger partial charge is 0.329 e. The third-order valence-electron chi connectivity index (χ3n) is 1.39. The molecule has 0 aliphatic rings. The second kappa shape index (κ2) is 4.69. The molecule has 4 nitrogen and oxygen atoms in total. The highest BCUT2D eigenvalue weighted by Gasteiger charge is 2.14. The zero-order valence-corrected chi connectivity index (χ0v) is 7.89. The molecule has 0 amide bonds. The van der Waals surface area contributed by atoms with E-state index in [2.05, 4.69) is 0 Å². The fourth-order valence-electron chi connectivity index (χ4n) is 0.759. The third kappa shape index (κ3) is 3.69. The van der Waals surface area contributed by atoms with Crippen LogP contribution in [-0.2, 0) is 10.0 Å². The lowest BCUT2D eigenvalue weighted by atomic mass is 10.5. The van der Waals surface area contributed by atoms with Gasteiger partial charge in [0.2, 0.25) is 10.0 Å². The molecular formula is C6H16N2O2S. The number of nitrogens with zero attached hydrogens (tertiary/aromatic N) is 1. The highest BCUT2D eigenvalue weighted by molar-refractivity contribution is 7.89. The summed E-state index contributed by atoms with van der Waals surface area (Å²) in [7, 11) is -1.49. The summed E-state index contributed by atoms with van der Waals surface area (Å²) in [6.45, 7) is 2.70. The van der Waals surface area contributed by atoms with Crippen molar-refractivity contribution < 1.29 is 8.42 Å². The number of nitrogens with two attached hydrogens (primary N) is 1. The van der Waals surface area contributed by atoms with Crippen LogP contribution in [0.5, 0.6) is 0 Å². The molecule has 0 aromatic heterocycles. The Labute approximate surface area is 68.4 Å². The molecule has 0 bridgehead atoms. The monoisotopic (exact) mass is 180 g/mol. The van der Waals surface area contributed by atoms with Crippen molar-refractivity contribution in [3.8, 4) is 0 Å². The second-order valence-electron chi connectivity index (χ2n) is 2.43. The van der Waals surface area contributed by atoms with Gasteiger partial charge in [0.15, 0.2) is 0 Å². The van der Waals surface area contributed by atoms with Crippen LogP contribution in [0.4, 0.5) is 0 Å². The molecule has 0 saturated heterocycles. The average molecular weight is 180 g/mol. The number of sulfonamides is 1. The molecule has 0 unspecified atom stereocenters. The van der Waals surface area contributed by atoms with E-state index in [1.165, 1.54) is 4.31 Å². The molecule has 0 atom stereocenters. The molecule has 0 aromatic rings. The Morgan fingerprint density at radius 3 is 2.36 bits per heavy atom. The van der Waals surface area contributed by atoms with Crippen molar-refractivity contribution in [3.05, 3.63) is 0 Å². The van der Waals surface area contributed by atoms with Gasteiger partial charge in [0.25, 0.3) is 0 Å². The molecule has 0 radical (unpaired) electrons. The van der Waals surface area contributed by atoms with E-state index < -0.39 is 10.0 Å². The first kappa shape index (κ1) is 10.9. The van der Waals surface area contributed by atoms with Gasteiger partial charge in [-0.25, -0.2) is 12.7 Å². The van der Waals surface area contributed by atoms with E-state index in [-0.39, 0.29) is 12.3 Å². The zero-order valence-electron chi connectivity index (χ0n) is 7.08. The van der Waals surface area contributed by atoms with Crippen LogP contribution in [0.25, 0.3) is 0 Å². The smallest absolute Gasteiger partial charge is 0.215 e. The molecule has 0 aromatic carbocycles. The summed E-state index contributed by atoms with van der Waals surface area (Å²) in [5.74, 6) is 0.0451. The Bertz CT molecular complexity index is 189. The molecule has 0 fully saturated rings. The molecule has 0 saturated carbocycles. The number of hydrogen-bond donors (Lipinski definition) is 1. The van der Waals surface area contributed by atoms with Gasteiger partial charge >= 0.3 is 0 Å². The quantitative estimate of drug-likeness (QED) is 0.627. The minimum absolute atomic E-state index is 0.0451. The number of hydrogen-bond acceptors (Lipinski definition) is 3. The lowest BCUT2D eigenvalue weighted by molar-refractivity contribution is 0.468. The Morgan fingerprint density at radius 2 is 2.00 bits per heavy atom. The Hall–Kier alpha value is -0.130. The Kier molecular flexibility index (Phi) is 4.63. The van der Waals surface area contributed by atoms with Crippen LogP contribution < -0.4 is 5.73 Å². The van der Waals surface area contributed by atoms with Crippen molar-refractivity contribution in [1.29, 1.82) is 0 Å². The van der Waals surface area contributed by atoms with Crippen LogP contribution in [0.2, 0.25) is 0 Å². The van der Waals surface area contributed by atoms with E-state index in [0.29, 0.717) is 6.54 Å². The van der Waals surface area contributed by atoms with Gasteiger partial charge in [-0.2, -0.15) is 0 Å². The van der Waals surface area contributed by atoms with Crippen molar-refractivity contribution in [2.75, 3.05) is 25.9 Å². The predicted octanol–water partition coefficient (Wildman–Crippen LogP) is -0.383. The minimum atomic E-state index is -3.06. The van der Waals surface area contributed by atoms with Gasteiger partial charge < -0.3 is 5.73 Å². The normalized spacial score (nSPS) is 12.4. The van der Waals surface area contributed by atoms with Crippen LogP contribution in [0, 0.1) is 0 Å². The first-order chi connectivity index (χ1) is 5.04. The fourth-order valence-corrected chi connectivity index (χ4v) is 1.83. The van der Waals surface area contributed by atoms with Crippen LogP contribution in [0.15, 0.2) is 0 Å². The summed E-state index contributed by atoms with van der Waals surface area (Å²) in [6.07, 6.45) is 0.834. The molecule has 2 N–H and O–H groups in total. The third-order valence-corrected chi connectivity index (χ3v) is 3.27. The summed E-state index contributed by atoms with van der Waals surface area (Å²) >= 11 is 0. The average Bonchev–Trinajstić information content (AvgIpc) is 1.88. The van der Waals surface area contributed by atoms with Gasteiger partial charge in [-0.05, 0) is 6.42 Å². The van der Waals surface area contributed by atoms with Crippen molar-refractivity contribution in [2.45, 2.75) is 13.3 Å². The van der Waals surface area contributed by atoms with E-state index in [9.17, 15) is 8.42 Å². The molecule has 0 rings (SSSR count). The fraction of sp³-hybridized carbons (Fsp3) is 1.00.